The molecule has 2 aliphatic rings. The molecular weight excluding hydrogens is 358 g/mol. The molecule has 1 aliphatic heterocycles. The average Bonchev–Trinajstić information content (AvgIpc) is 3.12. The Bertz CT molecular complexity index is 984. The zero-order chi connectivity index (χ0) is 20.5. The third-order valence-electron chi connectivity index (χ3n) is 5.26. The van der Waals surface area contributed by atoms with Crippen molar-refractivity contribution in [1.29, 1.82) is 15.8 Å². The van der Waals surface area contributed by atoms with Crippen LogP contribution in [0.5, 0.6) is 0 Å². The molecule has 0 saturated heterocycles. The highest BCUT2D eigenvalue weighted by Crippen LogP contribution is 2.54. The first-order valence-electron chi connectivity index (χ1n) is 8.84. The molecule has 1 aromatic heterocycles. The smallest absolute Gasteiger partial charge is 0.410 e. The molecule has 142 valence electrons. The molecule has 0 bridgehead atoms. The van der Waals surface area contributed by atoms with Gasteiger partial charge in [0.15, 0.2) is 5.41 Å². The lowest BCUT2D eigenvalue weighted by atomic mass is 9.59. The molecule has 1 amide bonds. The average molecular weight is 377 g/mol. The molecule has 0 unspecified atom stereocenters. The minimum absolute atomic E-state index is 0.0777. The Kier molecular flexibility index (Phi) is 4.86. The quantitative estimate of drug-likeness (QED) is 0.834. The van der Waals surface area contributed by atoms with E-state index in [1.54, 1.807) is 32.1 Å². The largest absolute Gasteiger partial charge is 0.466 e. The fraction of sp³-hybridized carbons (Fsp3) is 0.400. The van der Waals surface area contributed by atoms with Gasteiger partial charge in [-0.25, -0.2) is 4.79 Å². The van der Waals surface area contributed by atoms with Crippen molar-refractivity contribution < 1.29 is 13.9 Å². The maximum Gasteiger partial charge on any atom is 0.410 e. The first kappa shape index (κ1) is 19.1. The molecule has 1 aliphatic carbocycles. The second kappa shape index (κ2) is 7.13. The highest BCUT2D eigenvalue weighted by molar-refractivity contribution is 5.69. The summed E-state index contributed by atoms with van der Waals surface area (Å²) in [5.74, 6) is -0.235. The fourth-order valence-electron chi connectivity index (χ4n) is 3.97. The lowest BCUT2D eigenvalue weighted by molar-refractivity contribution is 0.0985. The van der Waals surface area contributed by atoms with Gasteiger partial charge in [-0.2, -0.15) is 15.8 Å². The predicted molar refractivity (Wildman–Crippen MR) is 96.8 cm³/mol. The SMILES string of the molecule is CCOC(=O)N1CC=C2C(C#N)=C(N)C(C#N)(C#N)[C@@H](c3ccc(C)o3)[C@@H]2C1. The van der Waals surface area contributed by atoms with Gasteiger partial charge < -0.3 is 19.8 Å². The number of ether oxygens (including phenoxy) is 1. The summed E-state index contributed by atoms with van der Waals surface area (Å²) in [6.07, 6.45) is 1.24. The van der Waals surface area contributed by atoms with Crippen LogP contribution in [0, 0.1) is 52.2 Å². The van der Waals surface area contributed by atoms with Crippen LogP contribution in [0.15, 0.2) is 39.5 Å². The van der Waals surface area contributed by atoms with E-state index in [0.29, 0.717) is 17.1 Å². The number of nitriles is 3. The van der Waals surface area contributed by atoms with E-state index < -0.39 is 23.3 Å². The first-order valence-corrected chi connectivity index (χ1v) is 8.84. The molecule has 8 heteroatoms. The molecule has 0 spiro atoms. The van der Waals surface area contributed by atoms with Gasteiger partial charge in [0, 0.05) is 19.0 Å². The monoisotopic (exact) mass is 377 g/mol. The van der Waals surface area contributed by atoms with Crippen molar-refractivity contribution in [2.24, 2.45) is 17.1 Å². The topological polar surface area (TPSA) is 140 Å². The van der Waals surface area contributed by atoms with E-state index in [4.69, 9.17) is 14.9 Å². The van der Waals surface area contributed by atoms with E-state index in [1.807, 2.05) is 18.2 Å². The van der Waals surface area contributed by atoms with Crippen molar-refractivity contribution in [2.45, 2.75) is 19.8 Å². The van der Waals surface area contributed by atoms with Gasteiger partial charge in [0.2, 0.25) is 0 Å². The molecule has 3 rings (SSSR count). The van der Waals surface area contributed by atoms with Crippen molar-refractivity contribution in [3.8, 4) is 18.2 Å². The van der Waals surface area contributed by atoms with Crippen molar-refractivity contribution >= 4 is 6.09 Å². The zero-order valence-corrected chi connectivity index (χ0v) is 15.6. The first-order chi connectivity index (χ1) is 13.4. The number of carbonyl (C=O) groups excluding carboxylic acids is 1. The van der Waals surface area contributed by atoms with Crippen molar-refractivity contribution in [3.05, 3.63) is 46.6 Å². The van der Waals surface area contributed by atoms with Gasteiger partial charge in [-0.15, -0.1) is 0 Å². The maximum atomic E-state index is 12.3. The number of hydrogen-bond acceptors (Lipinski definition) is 7. The predicted octanol–water partition coefficient (Wildman–Crippen LogP) is 2.47. The van der Waals surface area contributed by atoms with Gasteiger partial charge in [0.25, 0.3) is 0 Å². The van der Waals surface area contributed by atoms with Crippen molar-refractivity contribution in [3.63, 3.8) is 0 Å². The highest BCUT2D eigenvalue weighted by atomic mass is 16.6. The van der Waals surface area contributed by atoms with Crippen LogP contribution in [0.25, 0.3) is 0 Å². The maximum absolute atomic E-state index is 12.3. The van der Waals surface area contributed by atoms with E-state index >= 15 is 0 Å². The Hall–Kier alpha value is -3.70. The summed E-state index contributed by atoms with van der Waals surface area (Å²) in [6.45, 7) is 4.13. The number of amides is 1. The highest BCUT2D eigenvalue weighted by Gasteiger charge is 2.56. The molecule has 2 N–H and O–H groups in total. The summed E-state index contributed by atoms with van der Waals surface area (Å²) in [5, 5.41) is 29.6. The lowest BCUT2D eigenvalue weighted by Gasteiger charge is -2.44. The summed E-state index contributed by atoms with van der Waals surface area (Å²) >= 11 is 0. The molecule has 28 heavy (non-hydrogen) atoms. The Labute approximate surface area is 162 Å². The van der Waals surface area contributed by atoms with Gasteiger partial charge in [-0.1, -0.05) is 6.08 Å². The number of hydrogen-bond donors (Lipinski definition) is 1. The number of furan rings is 1. The van der Waals surface area contributed by atoms with Gasteiger partial charge in [0.1, 0.15) is 17.6 Å². The Morgan fingerprint density at radius 3 is 2.64 bits per heavy atom. The molecule has 1 aromatic rings. The second-order valence-electron chi connectivity index (χ2n) is 6.73. The number of aryl methyl sites for hydroxylation is 1. The van der Waals surface area contributed by atoms with Gasteiger partial charge in [0.05, 0.1) is 35.9 Å². The molecule has 2 heterocycles. The van der Waals surface area contributed by atoms with Crippen LogP contribution < -0.4 is 5.73 Å². The van der Waals surface area contributed by atoms with E-state index in [2.05, 4.69) is 0 Å². The molecule has 0 saturated carbocycles. The summed E-state index contributed by atoms with van der Waals surface area (Å²) < 4.78 is 10.9. The molecule has 0 fully saturated rings. The number of nitrogens with two attached hydrogens (primary N) is 1. The molecule has 2 atom stereocenters. The minimum atomic E-state index is -1.78. The van der Waals surface area contributed by atoms with Crippen molar-refractivity contribution in [2.75, 3.05) is 19.7 Å². The van der Waals surface area contributed by atoms with Crippen LogP contribution in [0.1, 0.15) is 24.4 Å². The minimum Gasteiger partial charge on any atom is -0.466 e. The Balaban J connectivity index is 2.22. The van der Waals surface area contributed by atoms with Crippen molar-refractivity contribution in [1.82, 2.24) is 4.90 Å². The van der Waals surface area contributed by atoms with Crippen LogP contribution in [-0.4, -0.2) is 30.7 Å². The molecule has 0 radical (unpaired) electrons. The summed E-state index contributed by atoms with van der Waals surface area (Å²) in [4.78, 5) is 13.7. The van der Waals surface area contributed by atoms with Crippen LogP contribution in [-0.2, 0) is 4.74 Å². The number of rotatable bonds is 2. The molecule has 8 nitrogen and oxygen atoms in total. The standard InChI is InChI=1S/C20H19N5O3/c1-3-27-19(26)25-7-6-13-14(8-21)18(24)20(10-22,11-23)17(15(13)9-25)16-5-4-12(2)28-16/h4-6,15,17H,3,7,9,24H2,1-2H3/t15-,17-/m1/s1. The summed E-state index contributed by atoms with van der Waals surface area (Å²) in [5.41, 5.74) is 5.08. The van der Waals surface area contributed by atoms with Crippen LogP contribution in [0.4, 0.5) is 4.79 Å². The summed E-state index contributed by atoms with van der Waals surface area (Å²) in [6, 6.07) is 9.53. The van der Waals surface area contributed by atoms with Crippen LogP contribution in [0.3, 0.4) is 0 Å². The third kappa shape index (κ3) is 2.69. The number of nitrogens with zero attached hydrogens (tertiary/aromatic N) is 4. The Morgan fingerprint density at radius 2 is 2.11 bits per heavy atom. The van der Waals surface area contributed by atoms with Gasteiger partial charge >= 0.3 is 6.09 Å². The van der Waals surface area contributed by atoms with Crippen LogP contribution in [0.2, 0.25) is 0 Å². The lowest BCUT2D eigenvalue weighted by Crippen LogP contribution is -2.49. The Morgan fingerprint density at radius 1 is 1.39 bits per heavy atom. The number of allylic oxidation sites excluding steroid dienone is 2. The molecular formula is C20H19N5O3. The number of carbonyl (C=O) groups is 1. The van der Waals surface area contributed by atoms with Crippen LogP contribution >= 0.6 is 0 Å². The zero-order valence-electron chi connectivity index (χ0n) is 15.6. The second-order valence-corrected chi connectivity index (χ2v) is 6.73. The van der Waals surface area contributed by atoms with Gasteiger partial charge in [-0.3, -0.25) is 0 Å². The van der Waals surface area contributed by atoms with Gasteiger partial charge in [-0.05, 0) is 31.6 Å². The normalized spacial score (nSPS) is 23.0. The molecule has 0 aromatic carbocycles. The van der Waals surface area contributed by atoms with E-state index in [-0.39, 0.29) is 31.0 Å². The van der Waals surface area contributed by atoms with E-state index in [1.165, 1.54) is 4.90 Å². The summed E-state index contributed by atoms with van der Waals surface area (Å²) in [7, 11) is 0. The van der Waals surface area contributed by atoms with E-state index in [0.717, 1.165) is 0 Å². The number of fused-ring (bicyclic) bond motifs is 1. The third-order valence-corrected chi connectivity index (χ3v) is 5.26. The fourth-order valence-corrected chi connectivity index (χ4v) is 3.97. The van der Waals surface area contributed by atoms with E-state index in [9.17, 15) is 20.6 Å².